The van der Waals surface area contributed by atoms with Crippen LogP contribution >= 0.6 is 0 Å². The summed E-state index contributed by atoms with van der Waals surface area (Å²) in [5.74, 6) is -2.04. The smallest absolute Gasteiger partial charge is 0.262 e. The van der Waals surface area contributed by atoms with Gasteiger partial charge in [-0.1, -0.05) is 12.1 Å². The van der Waals surface area contributed by atoms with E-state index in [2.05, 4.69) is 15.7 Å². The van der Waals surface area contributed by atoms with Gasteiger partial charge in [-0.25, -0.2) is 0 Å². The molecule has 2 aliphatic rings. The highest BCUT2D eigenvalue weighted by Gasteiger charge is 2.45. The fourth-order valence-corrected chi connectivity index (χ4v) is 3.76. The van der Waals surface area contributed by atoms with E-state index in [0.717, 1.165) is 17.0 Å². The average Bonchev–Trinajstić information content (AvgIpc) is 3.28. The van der Waals surface area contributed by atoms with Gasteiger partial charge in [0.05, 0.1) is 23.0 Å². The fourth-order valence-electron chi connectivity index (χ4n) is 3.76. The molecular weight excluding hydrogens is 388 g/mol. The van der Waals surface area contributed by atoms with Crippen LogP contribution in [0.4, 0.5) is 5.69 Å². The van der Waals surface area contributed by atoms with Gasteiger partial charge in [-0.2, -0.15) is 5.10 Å². The van der Waals surface area contributed by atoms with E-state index in [-0.39, 0.29) is 24.0 Å². The molecule has 2 aliphatic heterocycles. The van der Waals surface area contributed by atoms with Crippen LogP contribution in [0, 0.1) is 0 Å². The maximum absolute atomic E-state index is 13.1. The van der Waals surface area contributed by atoms with Crippen LogP contribution in [0.2, 0.25) is 0 Å². The van der Waals surface area contributed by atoms with E-state index in [0.29, 0.717) is 25.2 Å². The summed E-state index contributed by atoms with van der Waals surface area (Å²) in [6.07, 6.45) is 4.57. The van der Waals surface area contributed by atoms with Gasteiger partial charge in [0.1, 0.15) is 6.04 Å². The molecule has 156 valence electrons. The second-order valence-electron chi connectivity index (χ2n) is 7.27. The van der Waals surface area contributed by atoms with Crippen LogP contribution in [0.5, 0.6) is 0 Å². The molecule has 4 N–H and O–H groups in total. The molecule has 1 unspecified atom stereocenters. The Kier molecular flexibility index (Phi) is 5.32. The molecule has 10 heteroatoms. The van der Waals surface area contributed by atoms with Crippen LogP contribution in [0.15, 0.2) is 30.6 Å². The third-order valence-corrected chi connectivity index (χ3v) is 5.26. The summed E-state index contributed by atoms with van der Waals surface area (Å²) in [5.41, 5.74) is 7.50. The van der Waals surface area contributed by atoms with Gasteiger partial charge < -0.3 is 11.1 Å². The molecule has 30 heavy (non-hydrogen) atoms. The Labute approximate surface area is 172 Å². The standard InChI is InChI=1S/C20H22N6O4/c21-7-2-8-25-11-13(10-23-25)22-9-12-3-1-4-14-17(12)20(30)26(19(14)29)15-5-6-16(27)24-18(15)28/h1,3-4,10-11,15,22H,2,5-9,21H2,(H,24,27,28). The molecule has 4 rings (SSSR count). The Morgan fingerprint density at radius 3 is 2.80 bits per heavy atom. The minimum atomic E-state index is -0.975. The number of nitrogens with one attached hydrogen (secondary N) is 2. The van der Waals surface area contributed by atoms with Gasteiger partial charge in [-0.15, -0.1) is 0 Å². The lowest BCUT2D eigenvalue weighted by Gasteiger charge is -2.27. The number of benzene rings is 1. The second kappa shape index (κ2) is 8.07. The molecular formula is C20H22N6O4. The quantitative estimate of drug-likeness (QED) is 0.556. The Hall–Kier alpha value is -3.53. The summed E-state index contributed by atoms with van der Waals surface area (Å²) in [4.78, 5) is 50.5. The number of nitrogens with zero attached hydrogens (tertiary/aromatic N) is 3. The van der Waals surface area contributed by atoms with Crippen molar-refractivity contribution >= 4 is 29.3 Å². The Balaban J connectivity index is 1.52. The first kappa shape index (κ1) is 19.8. The number of rotatable bonds is 7. The van der Waals surface area contributed by atoms with E-state index < -0.39 is 29.7 Å². The Bertz CT molecular complexity index is 1030. The number of imide groups is 2. The number of hydrogen-bond donors (Lipinski definition) is 3. The van der Waals surface area contributed by atoms with Crippen molar-refractivity contribution in [2.75, 3.05) is 11.9 Å². The number of amides is 4. The highest BCUT2D eigenvalue weighted by atomic mass is 16.2. The molecule has 2 aromatic rings. The normalized spacial score (nSPS) is 18.6. The molecule has 0 spiro atoms. The highest BCUT2D eigenvalue weighted by Crippen LogP contribution is 2.30. The molecule has 4 amide bonds. The lowest BCUT2D eigenvalue weighted by molar-refractivity contribution is -0.136. The van der Waals surface area contributed by atoms with Gasteiger partial charge in [0.2, 0.25) is 11.8 Å². The first-order valence-electron chi connectivity index (χ1n) is 9.79. The van der Waals surface area contributed by atoms with E-state index in [1.807, 2.05) is 6.20 Å². The monoisotopic (exact) mass is 410 g/mol. The number of anilines is 1. The zero-order valence-corrected chi connectivity index (χ0v) is 16.3. The molecule has 1 fully saturated rings. The number of fused-ring (bicyclic) bond motifs is 1. The fraction of sp³-hybridized carbons (Fsp3) is 0.350. The molecule has 0 radical (unpaired) electrons. The summed E-state index contributed by atoms with van der Waals surface area (Å²) in [6, 6.07) is 4.08. The lowest BCUT2D eigenvalue weighted by atomic mass is 10.0. The van der Waals surface area contributed by atoms with Crippen molar-refractivity contribution in [2.45, 2.75) is 38.4 Å². The number of aromatic nitrogens is 2. The van der Waals surface area contributed by atoms with Crippen LogP contribution in [0.25, 0.3) is 0 Å². The van der Waals surface area contributed by atoms with Gasteiger partial charge in [-0.3, -0.25) is 34.1 Å². The van der Waals surface area contributed by atoms with E-state index in [1.165, 1.54) is 0 Å². The van der Waals surface area contributed by atoms with E-state index in [9.17, 15) is 19.2 Å². The van der Waals surface area contributed by atoms with Gasteiger partial charge in [0, 0.05) is 25.7 Å². The van der Waals surface area contributed by atoms with Crippen molar-refractivity contribution in [3.8, 4) is 0 Å². The number of nitrogens with two attached hydrogens (primary N) is 1. The molecule has 0 bridgehead atoms. The maximum atomic E-state index is 13.1. The zero-order valence-electron chi connectivity index (χ0n) is 16.3. The summed E-state index contributed by atoms with van der Waals surface area (Å²) in [5, 5.41) is 9.66. The molecule has 10 nitrogen and oxygen atoms in total. The minimum Gasteiger partial charge on any atom is -0.378 e. The summed E-state index contributed by atoms with van der Waals surface area (Å²) in [6.45, 7) is 1.61. The van der Waals surface area contributed by atoms with Crippen molar-refractivity contribution in [2.24, 2.45) is 5.73 Å². The number of aryl methyl sites for hydroxylation is 1. The van der Waals surface area contributed by atoms with Crippen molar-refractivity contribution in [1.29, 1.82) is 0 Å². The van der Waals surface area contributed by atoms with Gasteiger partial charge in [-0.05, 0) is 31.0 Å². The van der Waals surface area contributed by atoms with Crippen molar-refractivity contribution in [3.05, 3.63) is 47.3 Å². The molecule has 0 saturated carbocycles. The summed E-state index contributed by atoms with van der Waals surface area (Å²) >= 11 is 0. The van der Waals surface area contributed by atoms with Gasteiger partial charge >= 0.3 is 0 Å². The third kappa shape index (κ3) is 3.57. The van der Waals surface area contributed by atoms with Crippen LogP contribution in [-0.4, -0.2) is 50.9 Å². The maximum Gasteiger partial charge on any atom is 0.262 e. The van der Waals surface area contributed by atoms with E-state index in [1.54, 1.807) is 29.1 Å². The van der Waals surface area contributed by atoms with Crippen LogP contribution in [-0.2, 0) is 22.7 Å². The summed E-state index contributed by atoms with van der Waals surface area (Å²) in [7, 11) is 0. The molecule has 1 aromatic heterocycles. The van der Waals surface area contributed by atoms with Crippen molar-refractivity contribution in [3.63, 3.8) is 0 Å². The molecule has 1 aromatic carbocycles. The van der Waals surface area contributed by atoms with Gasteiger partial charge in [0.25, 0.3) is 11.8 Å². The second-order valence-corrected chi connectivity index (χ2v) is 7.27. The van der Waals surface area contributed by atoms with E-state index >= 15 is 0 Å². The zero-order chi connectivity index (χ0) is 21.3. The molecule has 3 heterocycles. The van der Waals surface area contributed by atoms with Crippen molar-refractivity contribution in [1.82, 2.24) is 20.0 Å². The SMILES string of the molecule is NCCCn1cc(NCc2cccc3c2C(=O)N(C2CCC(=O)NC2=O)C3=O)cn1. The molecule has 1 saturated heterocycles. The predicted octanol–water partition coefficient (Wildman–Crippen LogP) is 0.245. The minimum absolute atomic E-state index is 0.0897. The van der Waals surface area contributed by atoms with E-state index in [4.69, 9.17) is 5.73 Å². The third-order valence-electron chi connectivity index (χ3n) is 5.26. The number of carbonyl (C=O) groups is 4. The predicted molar refractivity (Wildman–Crippen MR) is 106 cm³/mol. The van der Waals surface area contributed by atoms with Crippen LogP contribution in [0.3, 0.4) is 0 Å². The topological polar surface area (TPSA) is 139 Å². The van der Waals surface area contributed by atoms with Crippen LogP contribution in [0.1, 0.15) is 45.5 Å². The first-order valence-corrected chi connectivity index (χ1v) is 9.79. The number of hydrogen-bond acceptors (Lipinski definition) is 7. The highest BCUT2D eigenvalue weighted by molar-refractivity contribution is 6.24. The number of carbonyl (C=O) groups excluding carboxylic acids is 4. The Morgan fingerprint density at radius 2 is 2.03 bits per heavy atom. The largest absolute Gasteiger partial charge is 0.378 e. The molecule has 0 aliphatic carbocycles. The van der Waals surface area contributed by atoms with Crippen LogP contribution < -0.4 is 16.4 Å². The number of piperidine rings is 1. The van der Waals surface area contributed by atoms with Crippen molar-refractivity contribution < 1.29 is 19.2 Å². The average molecular weight is 410 g/mol. The Morgan fingerprint density at radius 1 is 1.20 bits per heavy atom. The first-order chi connectivity index (χ1) is 14.5. The molecule has 1 atom stereocenters. The van der Waals surface area contributed by atoms with Gasteiger partial charge in [0.15, 0.2) is 0 Å². The lowest BCUT2D eigenvalue weighted by Crippen LogP contribution is -2.54. The summed E-state index contributed by atoms with van der Waals surface area (Å²) < 4.78 is 1.78.